The van der Waals surface area contributed by atoms with Crippen LogP contribution in [-0.4, -0.2) is 54.6 Å². The number of fused-ring (bicyclic) bond motifs is 1. The van der Waals surface area contributed by atoms with Crippen LogP contribution in [-0.2, 0) is 4.79 Å². The number of ether oxygens (including phenoxy) is 2. The van der Waals surface area contributed by atoms with Gasteiger partial charge in [0, 0.05) is 37.0 Å². The number of halogens is 1. The fourth-order valence-corrected chi connectivity index (χ4v) is 4.24. The van der Waals surface area contributed by atoms with Gasteiger partial charge >= 0.3 is 0 Å². The molecule has 0 saturated carbocycles. The smallest absolute Gasteiger partial charge is 0.270 e. The molecule has 2 aliphatic heterocycles. The molecule has 38 heavy (non-hydrogen) atoms. The van der Waals surface area contributed by atoms with E-state index in [1.54, 1.807) is 13.1 Å². The first kappa shape index (κ1) is 25.2. The number of piperidine rings is 1. The van der Waals surface area contributed by atoms with E-state index < -0.39 is 17.9 Å². The summed E-state index contributed by atoms with van der Waals surface area (Å²) in [6.07, 6.45) is 4.70. The zero-order valence-corrected chi connectivity index (χ0v) is 20.7. The number of hydrogen-bond acceptors (Lipinski definition) is 7. The van der Waals surface area contributed by atoms with Crippen LogP contribution in [0.4, 0.5) is 10.1 Å². The average Bonchev–Trinajstić information content (AvgIpc) is 3.06. The summed E-state index contributed by atoms with van der Waals surface area (Å²) in [4.78, 5) is 35.2. The number of rotatable bonds is 4. The maximum Gasteiger partial charge on any atom is 0.270 e. The van der Waals surface area contributed by atoms with Crippen LogP contribution >= 0.6 is 0 Å². The number of hydrogen-bond donors (Lipinski definition) is 2. The van der Waals surface area contributed by atoms with Gasteiger partial charge in [-0.3, -0.25) is 14.6 Å². The van der Waals surface area contributed by atoms with Gasteiger partial charge in [0.25, 0.3) is 17.8 Å². The first-order valence-corrected chi connectivity index (χ1v) is 12.3. The highest BCUT2D eigenvalue weighted by Crippen LogP contribution is 2.31. The number of nitrogens with one attached hydrogen (secondary N) is 2. The Bertz CT molecular complexity index is 1410. The van der Waals surface area contributed by atoms with E-state index in [1.165, 1.54) is 41.6 Å². The Balaban J connectivity index is 1.27. The fraction of sp³-hybridized carbons (Fsp3) is 0.286. The summed E-state index contributed by atoms with van der Waals surface area (Å²) in [5.74, 6) is 5.82. The van der Waals surface area contributed by atoms with Crippen LogP contribution in [0.2, 0.25) is 0 Å². The number of carbonyl (C=O) groups excluding carboxylic acids is 2. The van der Waals surface area contributed by atoms with Crippen molar-refractivity contribution >= 4 is 17.5 Å². The van der Waals surface area contributed by atoms with E-state index in [4.69, 9.17) is 9.47 Å². The van der Waals surface area contributed by atoms with Gasteiger partial charge in [-0.05, 0) is 62.3 Å². The van der Waals surface area contributed by atoms with Crippen molar-refractivity contribution in [3.8, 4) is 29.1 Å². The van der Waals surface area contributed by atoms with E-state index in [1.807, 2.05) is 12.1 Å². The summed E-state index contributed by atoms with van der Waals surface area (Å²) >= 11 is 0. The van der Waals surface area contributed by atoms with E-state index in [0.717, 1.165) is 31.5 Å². The molecule has 0 spiro atoms. The van der Waals surface area contributed by atoms with Crippen molar-refractivity contribution in [2.75, 3.05) is 31.6 Å². The maximum absolute atomic E-state index is 13.8. The minimum Gasteiger partial charge on any atom is -0.489 e. The highest BCUT2D eigenvalue weighted by molar-refractivity contribution is 6.03. The Morgan fingerprint density at radius 3 is 2.84 bits per heavy atom. The molecular formula is C28H26FN5O4. The SMILES string of the molecule is CN1C(=O)[C@@H](NC(=O)c2cc(Oc3cccnc3F)ccn2)COc2ccc(C#CC3CCNCC3)cc21. The normalized spacial score (nSPS) is 17.4. The fourth-order valence-electron chi connectivity index (χ4n) is 4.24. The van der Waals surface area contributed by atoms with Crippen molar-refractivity contribution < 1.29 is 23.5 Å². The lowest BCUT2D eigenvalue weighted by Crippen LogP contribution is -2.49. The molecule has 3 aromatic rings. The minimum atomic E-state index is -0.952. The molecule has 1 fully saturated rings. The largest absolute Gasteiger partial charge is 0.489 e. The summed E-state index contributed by atoms with van der Waals surface area (Å²) in [5, 5.41) is 6.01. The van der Waals surface area contributed by atoms with E-state index in [0.29, 0.717) is 17.4 Å². The second kappa shape index (κ2) is 11.3. The third-order valence-corrected chi connectivity index (χ3v) is 6.34. The molecular weight excluding hydrogens is 489 g/mol. The second-order valence-electron chi connectivity index (χ2n) is 8.98. The van der Waals surface area contributed by atoms with Crippen LogP contribution in [0, 0.1) is 23.7 Å². The van der Waals surface area contributed by atoms with Crippen LogP contribution in [0.1, 0.15) is 28.9 Å². The van der Waals surface area contributed by atoms with Gasteiger partial charge in [0.05, 0.1) is 5.69 Å². The molecule has 2 aromatic heterocycles. The molecule has 0 unspecified atom stereocenters. The van der Waals surface area contributed by atoms with Crippen molar-refractivity contribution in [2.24, 2.45) is 5.92 Å². The first-order valence-electron chi connectivity index (χ1n) is 12.3. The van der Waals surface area contributed by atoms with Crippen LogP contribution in [0.3, 0.4) is 0 Å². The van der Waals surface area contributed by atoms with Crippen molar-refractivity contribution in [1.82, 2.24) is 20.6 Å². The number of pyridine rings is 2. The van der Waals surface area contributed by atoms with E-state index >= 15 is 0 Å². The van der Waals surface area contributed by atoms with Gasteiger partial charge in [-0.2, -0.15) is 4.39 Å². The standard InChI is InChI=1S/C28H26FN5O4/c1-34-23-15-19(5-4-18-8-12-30-13-9-18)6-7-24(23)37-17-22(28(34)36)33-27(35)21-16-20(10-14-31-21)38-25-3-2-11-32-26(25)29/h2-3,6-7,10-11,14-16,18,22,30H,8-9,12-13,17H2,1H3,(H,33,35)/t22-/m0/s1. The molecule has 1 aromatic carbocycles. The second-order valence-corrected chi connectivity index (χ2v) is 8.98. The molecule has 9 nitrogen and oxygen atoms in total. The Kier molecular flexibility index (Phi) is 7.47. The number of carbonyl (C=O) groups is 2. The summed E-state index contributed by atoms with van der Waals surface area (Å²) < 4.78 is 25.2. The first-order chi connectivity index (χ1) is 18.5. The number of amides is 2. The van der Waals surface area contributed by atoms with Crippen molar-refractivity contribution in [3.63, 3.8) is 0 Å². The third kappa shape index (κ3) is 5.74. The number of benzene rings is 1. The van der Waals surface area contributed by atoms with Gasteiger partial charge in [0.2, 0.25) is 0 Å². The van der Waals surface area contributed by atoms with Gasteiger partial charge < -0.3 is 25.0 Å². The molecule has 1 atom stereocenters. The van der Waals surface area contributed by atoms with Crippen molar-refractivity contribution in [1.29, 1.82) is 0 Å². The lowest BCUT2D eigenvalue weighted by molar-refractivity contribution is -0.120. The summed E-state index contributed by atoms with van der Waals surface area (Å²) in [5.41, 5.74) is 1.37. The predicted molar refractivity (Wildman–Crippen MR) is 138 cm³/mol. The number of likely N-dealkylation sites (N-methyl/N-ethyl adjacent to an activating group) is 1. The molecule has 0 radical (unpaired) electrons. The quantitative estimate of drug-likeness (QED) is 0.407. The Morgan fingerprint density at radius 1 is 1.18 bits per heavy atom. The Hall–Kier alpha value is -4.49. The molecule has 10 heteroatoms. The third-order valence-electron chi connectivity index (χ3n) is 6.34. The molecule has 0 aliphatic carbocycles. The van der Waals surface area contributed by atoms with E-state index in [-0.39, 0.29) is 29.7 Å². The minimum absolute atomic E-state index is 0.000476. The van der Waals surface area contributed by atoms with Crippen molar-refractivity contribution in [3.05, 3.63) is 72.1 Å². The molecule has 1 saturated heterocycles. The Labute approximate surface area is 219 Å². The zero-order chi connectivity index (χ0) is 26.5. The number of nitrogens with zero attached hydrogens (tertiary/aromatic N) is 3. The van der Waals surface area contributed by atoms with Crippen molar-refractivity contribution in [2.45, 2.75) is 18.9 Å². The number of anilines is 1. The molecule has 4 heterocycles. The zero-order valence-electron chi connectivity index (χ0n) is 20.7. The van der Waals surface area contributed by atoms with E-state index in [2.05, 4.69) is 32.4 Å². The molecule has 194 valence electrons. The summed E-state index contributed by atoms with van der Waals surface area (Å²) in [7, 11) is 1.63. The monoisotopic (exact) mass is 515 g/mol. The predicted octanol–water partition coefficient (Wildman–Crippen LogP) is 2.91. The summed E-state index contributed by atoms with van der Waals surface area (Å²) in [6, 6.07) is 10.3. The van der Waals surface area contributed by atoms with Crippen LogP contribution in [0.5, 0.6) is 17.2 Å². The lowest BCUT2D eigenvalue weighted by atomic mass is 9.98. The van der Waals surface area contributed by atoms with Crippen LogP contribution in [0.15, 0.2) is 54.9 Å². The summed E-state index contributed by atoms with van der Waals surface area (Å²) in [6.45, 7) is 1.88. The van der Waals surface area contributed by atoms with Gasteiger partial charge in [0.1, 0.15) is 29.8 Å². The van der Waals surface area contributed by atoms with Gasteiger partial charge in [-0.25, -0.2) is 4.98 Å². The highest BCUT2D eigenvalue weighted by Gasteiger charge is 2.31. The highest BCUT2D eigenvalue weighted by atomic mass is 19.1. The van der Waals surface area contributed by atoms with Crippen LogP contribution < -0.4 is 25.0 Å². The van der Waals surface area contributed by atoms with Gasteiger partial charge in [-0.15, -0.1) is 0 Å². The topological polar surface area (TPSA) is 106 Å². The maximum atomic E-state index is 13.8. The molecule has 2 aliphatic rings. The van der Waals surface area contributed by atoms with E-state index in [9.17, 15) is 14.0 Å². The molecule has 5 rings (SSSR count). The Morgan fingerprint density at radius 2 is 2.03 bits per heavy atom. The number of aromatic nitrogens is 2. The van der Waals surface area contributed by atoms with Gasteiger partial charge in [0.15, 0.2) is 5.75 Å². The van der Waals surface area contributed by atoms with Crippen LogP contribution in [0.25, 0.3) is 0 Å². The van der Waals surface area contributed by atoms with Gasteiger partial charge in [-0.1, -0.05) is 11.8 Å². The lowest BCUT2D eigenvalue weighted by Gasteiger charge is -2.20. The molecule has 2 amide bonds. The molecule has 0 bridgehead atoms. The average molecular weight is 516 g/mol. The molecule has 2 N–H and O–H groups in total.